The topological polar surface area (TPSA) is 57.6 Å². The van der Waals surface area contributed by atoms with Crippen molar-refractivity contribution in [2.45, 2.75) is 26.7 Å². The monoisotopic (exact) mass is 287 g/mol. The van der Waals surface area contributed by atoms with Crippen LogP contribution < -0.4 is 4.90 Å². The molecule has 1 N–H and O–H groups in total. The van der Waals surface area contributed by atoms with E-state index in [1.807, 2.05) is 44.2 Å². The molecule has 0 unspecified atom stereocenters. The molecule has 0 saturated carbocycles. The molecule has 0 aromatic heterocycles. The standard InChI is InChI=1S/C17H21NO3/c1-11-8-12(2)10-13(9-11)18(3)16(19)14-6-4-5-7-15(14)17(20)21/h4-5,8-10,14-15H,6-7H2,1-3H3,(H,20,21)/t14-,15+/m1/s1. The molecule has 2 rings (SSSR count). The summed E-state index contributed by atoms with van der Waals surface area (Å²) in [6.45, 7) is 3.97. The number of anilines is 1. The first-order chi connectivity index (χ1) is 9.90. The molecule has 0 saturated heterocycles. The van der Waals surface area contributed by atoms with Crippen molar-refractivity contribution >= 4 is 17.6 Å². The Labute approximate surface area is 125 Å². The number of hydrogen-bond donors (Lipinski definition) is 1. The van der Waals surface area contributed by atoms with Gasteiger partial charge in [-0.2, -0.15) is 0 Å². The van der Waals surface area contributed by atoms with Crippen molar-refractivity contribution in [2.24, 2.45) is 11.8 Å². The highest BCUT2D eigenvalue weighted by atomic mass is 16.4. The molecule has 1 amide bonds. The van der Waals surface area contributed by atoms with Gasteiger partial charge in [-0.25, -0.2) is 0 Å². The highest BCUT2D eigenvalue weighted by Crippen LogP contribution is 2.29. The summed E-state index contributed by atoms with van der Waals surface area (Å²) in [4.78, 5) is 25.6. The first kappa shape index (κ1) is 15.3. The number of benzene rings is 1. The highest BCUT2D eigenvalue weighted by Gasteiger charge is 2.35. The maximum Gasteiger partial charge on any atom is 0.307 e. The number of carbonyl (C=O) groups is 2. The van der Waals surface area contributed by atoms with Crippen LogP contribution in [-0.2, 0) is 9.59 Å². The Kier molecular flexibility index (Phi) is 4.46. The van der Waals surface area contributed by atoms with E-state index in [-0.39, 0.29) is 5.91 Å². The van der Waals surface area contributed by atoms with Crippen molar-refractivity contribution in [1.29, 1.82) is 0 Å². The van der Waals surface area contributed by atoms with Crippen LogP contribution in [0.4, 0.5) is 5.69 Å². The molecule has 21 heavy (non-hydrogen) atoms. The van der Waals surface area contributed by atoms with Crippen LogP contribution in [0.2, 0.25) is 0 Å². The number of amides is 1. The third-order valence-corrected chi connectivity index (χ3v) is 3.99. The van der Waals surface area contributed by atoms with E-state index in [1.165, 1.54) is 0 Å². The molecule has 2 atom stereocenters. The van der Waals surface area contributed by atoms with E-state index >= 15 is 0 Å². The largest absolute Gasteiger partial charge is 0.481 e. The first-order valence-electron chi connectivity index (χ1n) is 7.14. The maximum atomic E-state index is 12.7. The minimum absolute atomic E-state index is 0.128. The lowest BCUT2D eigenvalue weighted by Crippen LogP contribution is -2.40. The van der Waals surface area contributed by atoms with E-state index in [2.05, 4.69) is 0 Å². The van der Waals surface area contributed by atoms with Gasteiger partial charge in [-0.1, -0.05) is 18.2 Å². The minimum atomic E-state index is -0.897. The number of allylic oxidation sites excluding steroid dienone is 2. The van der Waals surface area contributed by atoms with Gasteiger partial charge < -0.3 is 10.0 Å². The lowest BCUT2D eigenvalue weighted by Gasteiger charge is -2.29. The zero-order valence-corrected chi connectivity index (χ0v) is 12.7. The highest BCUT2D eigenvalue weighted by molar-refractivity contribution is 5.97. The van der Waals surface area contributed by atoms with Gasteiger partial charge in [-0.05, 0) is 49.9 Å². The third kappa shape index (κ3) is 3.32. The van der Waals surface area contributed by atoms with Crippen LogP contribution >= 0.6 is 0 Å². The fourth-order valence-corrected chi connectivity index (χ4v) is 2.88. The van der Waals surface area contributed by atoms with Crippen molar-refractivity contribution < 1.29 is 14.7 Å². The number of aryl methyl sites for hydroxylation is 2. The predicted octanol–water partition coefficient (Wildman–Crippen LogP) is 2.93. The summed E-state index contributed by atoms with van der Waals surface area (Å²) in [6, 6.07) is 5.93. The molecule has 0 bridgehead atoms. The average molecular weight is 287 g/mol. The molecular formula is C17H21NO3. The second kappa shape index (κ2) is 6.12. The average Bonchev–Trinajstić information content (AvgIpc) is 2.44. The lowest BCUT2D eigenvalue weighted by molar-refractivity contribution is -0.146. The van der Waals surface area contributed by atoms with Crippen LogP contribution in [0.5, 0.6) is 0 Å². The van der Waals surface area contributed by atoms with Gasteiger partial charge in [0.1, 0.15) is 0 Å². The molecule has 4 heteroatoms. The molecule has 0 radical (unpaired) electrons. The Morgan fingerprint density at radius 3 is 2.10 bits per heavy atom. The van der Waals surface area contributed by atoms with Gasteiger partial charge in [-0.15, -0.1) is 0 Å². The molecule has 0 spiro atoms. The van der Waals surface area contributed by atoms with E-state index in [0.717, 1.165) is 16.8 Å². The Morgan fingerprint density at radius 1 is 1.05 bits per heavy atom. The van der Waals surface area contributed by atoms with Gasteiger partial charge in [0, 0.05) is 12.7 Å². The van der Waals surface area contributed by atoms with Gasteiger partial charge >= 0.3 is 5.97 Å². The fourth-order valence-electron chi connectivity index (χ4n) is 2.88. The van der Waals surface area contributed by atoms with Crippen molar-refractivity contribution in [2.75, 3.05) is 11.9 Å². The smallest absolute Gasteiger partial charge is 0.307 e. The molecule has 1 aliphatic carbocycles. The number of nitrogens with zero attached hydrogens (tertiary/aromatic N) is 1. The Bertz CT molecular complexity index is 571. The zero-order chi connectivity index (χ0) is 15.6. The quantitative estimate of drug-likeness (QED) is 0.870. The molecular weight excluding hydrogens is 266 g/mol. The molecule has 4 nitrogen and oxygen atoms in total. The molecule has 0 fully saturated rings. The second-order valence-electron chi connectivity index (χ2n) is 5.74. The molecule has 0 heterocycles. The zero-order valence-electron chi connectivity index (χ0n) is 12.7. The summed E-state index contributed by atoms with van der Waals surface area (Å²) in [5.74, 6) is -2.14. The number of carboxylic acid groups (broad SMARTS) is 1. The van der Waals surface area contributed by atoms with Crippen LogP contribution in [0.3, 0.4) is 0 Å². The van der Waals surface area contributed by atoms with Gasteiger partial charge in [0.2, 0.25) is 5.91 Å². The molecule has 1 aliphatic rings. The van der Waals surface area contributed by atoms with Gasteiger partial charge in [0.15, 0.2) is 0 Å². The lowest BCUT2D eigenvalue weighted by atomic mass is 9.82. The Balaban J connectivity index is 2.25. The molecule has 1 aromatic carbocycles. The Hall–Kier alpha value is -2.10. The number of rotatable bonds is 3. The van der Waals surface area contributed by atoms with Gasteiger partial charge in [0.25, 0.3) is 0 Å². The van der Waals surface area contributed by atoms with E-state index in [0.29, 0.717) is 12.8 Å². The maximum absolute atomic E-state index is 12.7. The van der Waals surface area contributed by atoms with Crippen molar-refractivity contribution in [3.05, 3.63) is 41.5 Å². The van der Waals surface area contributed by atoms with E-state index in [4.69, 9.17) is 0 Å². The molecule has 1 aromatic rings. The van der Waals surface area contributed by atoms with Gasteiger partial charge in [0.05, 0.1) is 11.8 Å². The van der Waals surface area contributed by atoms with Crippen molar-refractivity contribution in [1.82, 2.24) is 0 Å². The van der Waals surface area contributed by atoms with Crippen LogP contribution in [-0.4, -0.2) is 24.0 Å². The first-order valence-corrected chi connectivity index (χ1v) is 7.14. The Morgan fingerprint density at radius 2 is 1.57 bits per heavy atom. The number of carboxylic acids is 1. The van der Waals surface area contributed by atoms with Crippen LogP contribution in [0.15, 0.2) is 30.4 Å². The summed E-state index contributed by atoms with van der Waals surface area (Å²) in [7, 11) is 1.72. The SMILES string of the molecule is Cc1cc(C)cc(N(C)C(=O)[C@@H]2CC=CC[C@@H]2C(=O)O)c1. The minimum Gasteiger partial charge on any atom is -0.481 e. The summed E-state index contributed by atoms with van der Waals surface area (Å²) in [5, 5.41) is 9.29. The third-order valence-electron chi connectivity index (χ3n) is 3.99. The van der Waals surface area contributed by atoms with Crippen LogP contribution in [0.1, 0.15) is 24.0 Å². The van der Waals surface area contributed by atoms with E-state index in [1.54, 1.807) is 11.9 Å². The molecule has 0 aliphatic heterocycles. The summed E-state index contributed by atoms with van der Waals surface area (Å²) < 4.78 is 0. The van der Waals surface area contributed by atoms with E-state index in [9.17, 15) is 14.7 Å². The van der Waals surface area contributed by atoms with Crippen LogP contribution in [0, 0.1) is 25.7 Å². The van der Waals surface area contributed by atoms with E-state index < -0.39 is 17.8 Å². The number of hydrogen-bond acceptors (Lipinski definition) is 2. The van der Waals surface area contributed by atoms with Crippen LogP contribution in [0.25, 0.3) is 0 Å². The van der Waals surface area contributed by atoms with Crippen molar-refractivity contribution in [3.63, 3.8) is 0 Å². The fraction of sp³-hybridized carbons (Fsp3) is 0.412. The molecule has 112 valence electrons. The summed E-state index contributed by atoms with van der Waals surface area (Å²) in [5.41, 5.74) is 2.99. The normalized spacial score (nSPS) is 21.1. The predicted molar refractivity (Wildman–Crippen MR) is 82.3 cm³/mol. The number of carbonyl (C=O) groups excluding carboxylic acids is 1. The van der Waals surface area contributed by atoms with Crippen molar-refractivity contribution in [3.8, 4) is 0 Å². The summed E-state index contributed by atoms with van der Waals surface area (Å²) in [6.07, 6.45) is 4.66. The number of aliphatic carboxylic acids is 1. The summed E-state index contributed by atoms with van der Waals surface area (Å²) >= 11 is 0. The second-order valence-corrected chi connectivity index (χ2v) is 5.74. The van der Waals surface area contributed by atoms with Gasteiger partial charge in [-0.3, -0.25) is 9.59 Å².